The minimum atomic E-state index is -0.0798. The van der Waals surface area contributed by atoms with Crippen LogP contribution in [0.4, 0.5) is 16.8 Å². The zero-order valence-electron chi connectivity index (χ0n) is 21.4. The fourth-order valence-electron chi connectivity index (χ4n) is 4.64. The first-order chi connectivity index (χ1) is 19.2. The first-order valence-corrected chi connectivity index (χ1v) is 13.9. The van der Waals surface area contributed by atoms with Crippen LogP contribution in [0.2, 0.25) is 0 Å². The second-order valence-electron chi connectivity index (χ2n) is 9.58. The van der Waals surface area contributed by atoms with E-state index in [0.29, 0.717) is 23.4 Å². The molecule has 2 aliphatic rings. The molecule has 12 nitrogen and oxygen atoms in total. The van der Waals surface area contributed by atoms with Gasteiger partial charge in [0.1, 0.15) is 11.6 Å². The maximum absolute atomic E-state index is 9.37. The van der Waals surface area contributed by atoms with Crippen LogP contribution in [0, 0.1) is 0 Å². The molecule has 2 atom stereocenters. The Hall–Kier alpha value is -3.49. The molecule has 0 spiro atoms. The average Bonchev–Trinajstić information content (AvgIpc) is 3.65. The van der Waals surface area contributed by atoms with Crippen LogP contribution in [0.25, 0.3) is 16.4 Å². The molecule has 1 unspecified atom stereocenters. The Balaban J connectivity index is 1.18. The second-order valence-corrected chi connectivity index (χ2v) is 10.6. The smallest absolute Gasteiger partial charge is 0.216 e. The first kappa shape index (κ1) is 25.8. The number of para-hydroxylation sites is 1. The van der Waals surface area contributed by atoms with E-state index in [1.165, 1.54) is 16.1 Å². The number of thiazole rings is 1. The van der Waals surface area contributed by atoms with Crippen molar-refractivity contribution in [1.29, 1.82) is 0 Å². The monoisotopic (exact) mass is 549 g/mol. The molecule has 204 valence electrons. The molecule has 2 aliphatic heterocycles. The van der Waals surface area contributed by atoms with Crippen molar-refractivity contribution >= 4 is 28.1 Å². The van der Waals surface area contributed by atoms with Gasteiger partial charge in [0.15, 0.2) is 5.13 Å². The van der Waals surface area contributed by atoms with E-state index < -0.39 is 0 Å². The van der Waals surface area contributed by atoms with E-state index in [0.717, 1.165) is 67.6 Å². The summed E-state index contributed by atoms with van der Waals surface area (Å²) >= 11 is 1.44. The topological polar surface area (TPSA) is 135 Å². The molecule has 5 heterocycles. The summed E-state index contributed by atoms with van der Waals surface area (Å²) < 4.78 is 11.3. The van der Waals surface area contributed by atoms with Gasteiger partial charge in [-0.2, -0.15) is 0 Å². The summed E-state index contributed by atoms with van der Waals surface area (Å²) in [6.45, 7) is 4.70. The number of pyridine rings is 1. The Kier molecular flexibility index (Phi) is 8.02. The summed E-state index contributed by atoms with van der Waals surface area (Å²) in [5.41, 5.74) is 1.99. The number of morpholine rings is 1. The molecule has 1 aromatic carbocycles. The Morgan fingerprint density at radius 3 is 2.72 bits per heavy atom. The molecule has 0 radical (unpaired) electrons. The summed E-state index contributed by atoms with van der Waals surface area (Å²) in [7, 11) is 0. The molecule has 13 heteroatoms. The number of ether oxygens (including phenoxy) is 2. The van der Waals surface area contributed by atoms with Crippen molar-refractivity contribution < 1.29 is 14.6 Å². The zero-order valence-corrected chi connectivity index (χ0v) is 22.3. The van der Waals surface area contributed by atoms with Gasteiger partial charge in [-0.25, -0.2) is 9.97 Å². The largest absolute Gasteiger partial charge is 0.394 e. The molecule has 0 amide bonds. The summed E-state index contributed by atoms with van der Waals surface area (Å²) in [4.78, 5) is 14.1. The fourth-order valence-corrected chi connectivity index (χ4v) is 5.38. The third-order valence-corrected chi connectivity index (χ3v) is 7.59. The molecule has 0 aliphatic carbocycles. The van der Waals surface area contributed by atoms with Crippen LogP contribution >= 0.6 is 11.3 Å². The maximum atomic E-state index is 9.37. The van der Waals surface area contributed by atoms with Gasteiger partial charge in [0.2, 0.25) is 5.82 Å². The Bertz CT molecular complexity index is 1350. The Labute approximate surface area is 230 Å². The van der Waals surface area contributed by atoms with Crippen molar-refractivity contribution in [2.75, 3.05) is 50.2 Å². The number of aliphatic hydroxyl groups is 1. The number of aromatic nitrogens is 6. The minimum Gasteiger partial charge on any atom is -0.394 e. The van der Waals surface area contributed by atoms with E-state index in [4.69, 9.17) is 14.5 Å². The summed E-state index contributed by atoms with van der Waals surface area (Å²) in [6.07, 6.45) is 3.39. The number of tetrazole rings is 1. The zero-order chi connectivity index (χ0) is 26.4. The number of nitrogens with zero attached hydrogens (tertiary/aromatic N) is 7. The van der Waals surface area contributed by atoms with Crippen LogP contribution in [-0.2, 0) is 16.0 Å². The van der Waals surface area contributed by atoms with Crippen LogP contribution in [0.15, 0.2) is 48.7 Å². The number of rotatable bonds is 9. The number of aliphatic hydroxyl groups excluding tert-OH is 1. The first-order valence-electron chi connectivity index (χ1n) is 13.1. The summed E-state index contributed by atoms with van der Waals surface area (Å²) in [5, 5.41) is 29.8. The van der Waals surface area contributed by atoms with Crippen molar-refractivity contribution in [3.05, 3.63) is 54.2 Å². The third-order valence-electron chi connectivity index (χ3n) is 6.68. The predicted octanol–water partition coefficient (Wildman–Crippen LogP) is 2.71. The number of nitrogens with one attached hydrogen (secondary N) is 2. The van der Waals surface area contributed by atoms with Crippen LogP contribution in [-0.4, -0.2) is 91.8 Å². The molecule has 3 aromatic heterocycles. The van der Waals surface area contributed by atoms with Crippen molar-refractivity contribution in [2.24, 2.45) is 0 Å². The van der Waals surface area contributed by atoms with Gasteiger partial charge >= 0.3 is 0 Å². The van der Waals surface area contributed by atoms with Crippen LogP contribution in [0.5, 0.6) is 0 Å². The molecule has 2 saturated heterocycles. The maximum Gasteiger partial charge on any atom is 0.216 e. The minimum absolute atomic E-state index is 0.0575. The van der Waals surface area contributed by atoms with Crippen molar-refractivity contribution in [3.63, 3.8) is 0 Å². The highest BCUT2D eigenvalue weighted by Crippen LogP contribution is 2.29. The molecular weight excluding hydrogens is 518 g/mol. The number of anilines is 3. The van der Waals surface area contributed by atoms with Gasteiger partial charge in [0, 0.05) is 19.6 Å². The molecule has 0 saturated carbocycles. The summed E-state index contributed by atoms with van der Waals surface area (Å²) in [6, 6.07) is 14.0. The Morgan fingerprint density at radius 1 is 1.08 bits per heavy atom. The fraction of sp³-hybridized carbons (Fsp3) is 0.423. The number of hydrogen-bond acceptors (Lipinski definition) is 12. The van der Waals surface area contributed by atoms with Gasteiger partial charge in [-0.3, -0.25) is 4.90 Å². The standard InChI is InChI=1S/C26H31N9O3S/c36-16-21-7-6-19(17-38-21)28-23-12-18(15-34-8-10-37-11-9-34)13-24(29-23)30-26-27-14-22(39-26)25-31-33-35(32-25)20-4-2-1-3-5-20/h1-5,12-14,19,21,36H,6-11,15-17H2,(H2,27,28,29,30)/t19?,21-/m1/s1. The van der Waals surface area contributed by atoms with Gasteiger partial charge in [-0.05, 0) is 47.9 Å². The Morgan fingerprint density at radius 2 is 1.92 bits per heavy atom. The highest BCUT2D eigenvalue weighted by molar-refractivity contribution is 7.18. The number of benzene rings is 1. The van der Waals surface area contributed by atoms with E-state index in [9.17, 15) is 5.11 Å². The van der Waals surface area contributed by atoms with E-state index in [1.807, 2.05) is 30.3 Å². The average molecular weight is 550 g/mol. The lowest BCUT2D eigenvalue weighted by Crippen LogP contribution is -2.36. The SMILES string of the molecule is OC[C@H]1CCC(Nc2cc(CN3CCOCC3)cc(Nc3ncc(-c4nnn(-c5ccccc5)n4)s3)n2)CO1. The van der Waals surface area contributed by atoms with Gasteiger partial charge in [-0.1, -0.05) is 29.5 Å². The van der Waals surface area contributed by atoms with Crippen molar-refractivity contribution in [2.45, 2.75) is 31.5 Å². The molecule has 2 fully saturated rings. The van der Waals surface area contributed by atoms with Gasteiger partial charge in [0.05, 0.1) is 55.3 Å². The highest BCUT2D eigenvalue weighted by atomic mass is 32.1. The lowest BCUT2D eigenvalue weighted by atomic mass is 10.1. The van der Waals surface area contributed by atoms with E-state index in [1.54, 1.807) is 6.20 Å². The molecule has 4 aromatic rings. The highest BCUT2D eigenvalue weighted by Gasteiger charge is 2.22. The van der Waals surface area contributed by atoms with E-state index in [-0.39, 0.29) is 18.8 Å². The molecule has 3 N–H and O–H groups in total. The van der Waals surface area contributed by atoms with Crippen molar-refractivity contribution in [3.8, 4) is 16.4 Å². The predicted molar refractivity (Wildman–Crippen MR) is 147 cm³/mol. The van der Waals surface area contributed by atoms with Gasteiger partial charge < -0.3 is 25.2 Å². The quantitative estimate of drug-likeness (QED) is 0.284. The van der Waals surface area contributed by atoms with E-state index >= 15 is 0 Å². The van der Waals surface area contributed by atoms with Gasteiger partial charge in [-0.15, -0.1) is 15.0 Å². The number of hydrogen-bond donors (Lipinski definition) is 3. The second kappa shape index (κ2) is 12.1. The van der Waals surface area contributed by atoms with Crippen LogP contribution < -0.4 is 10.6 Å². The lowest BCUT2D eigenvalue weighted by Gasteiger charge is -2.29. The van der Waals surface area contributed by atoms with Crippen molar-refractivity contribution in [1.82, 2.24) is 35.1 Å². The lowest BCUT2D eigenvalue weighted by molar-refractivity contribution is -0.0224. The third kappa shape index (κ3) is 6.57. The van der Waals surface area contributed by atoms with Crippen LogP contribution in [0.3, 0.4) is 0 Å². The molecular formula is C26H31N9O3S. The van der Waals surface area contributed by atoms with Gasteiger partial charge in [0.25, 0.3) is 0 Å². The molecule has 39 heavy (non-hydrogen) atoms. The van der Waals surface area contributed by atoms with E-state index in [2.05, 4.69) is 48.1 Å². The van der Waals surface area contributed by atoms with Crippen LogP contribution in [0.1, 0.15) is 18.4 Å². The summed E-state index contributed by atoms with van der Waals surface area (Å²) in [5.74, 6) is 2.00. The normalized spacial score (nSPS) is 20.1. The molecule has 6 rings (SSSR count). The molecule has 0 bridgehead atoms.